The molecular weight excluding hydrogens is 262 g/mol. The third kappa shape index (κ3) is 2.57. The Labute approximate surface area is 106 Å². The maximum atomic E-state index is 11.7. The molecule has 7 nitrogen and oxygen atoms in total. The van der Waals surface area contributed by atoms with Crippen molar-refractivity contribution in [1.29, 1.82) is 0 Å². The summed E-state index contributed by atoms with van der Waals surface area (Å²) in [4.78, 5) is 30.9. The molecule has 8 heteroatoms. The monoisotopic (exact) mass is 269 g/mol. The maximum Gasteiger partial charge on any atom is 0.353 e. The van der Waals surface area contributed by atoms with Crippen LogP contribution in [0.4, 0.5) is 5.82 Å². The number of carboxylic acid groups (broad SMARTS) is 1. The number of carbonyl (C=O) groups excluding carboxylic acids is 1. The van der Waals surface area contributed by atoms with Crippen LogP contribution in [0.15, 0.2) is 23.5 Å². The number of oxime groups is 1. The number of rotatable bonds is 3. The van der Waals surface area contributed by atoms with E-state index in [-0.39, 0.29) is 23.0 Å². The molecule has 0 bridgehead atoms. The lowest BCUT2D eigenvalue weighted by Crippen LogP contribution is -2.29. The van der Waals surface area contributed by atoms with E-state index in [0.29, 0.717) is 0 Å². The van der Waals surface area contributed by atoms with Crippen LogP contribution in [0.25, 0.3) is 0 Å². The highest BCUT2D eigenvalue weighted by Gasteiger charge is 2.31. The minimum atomic E-state index is -1.21. The largest absolute Gasteiger partial charge is 0.477 e. The Morgan fingerprint density at radius 1 is 1.56 bits per heavy atom. The number of amides is 1. The molecule has 94 valence electrons. The van der Waals surface area contributed by atoms with Crippen LogP contribution in [0.1, 0.15) is 6.42 Å². The molecule has 18 heavy (non-hydrogen) atoms. The first-order valence-electron chi connectivity index (χ1n) is 4.95. The number of carboxylic acids is 1. The highest BCUT2D eigenvalue weighted by atomic mass is 35.5. The predicted molar refractivity (Wildman–Crippen MR) is 62.4 cm³/mol. The summed E-state index contributed by atoms with van der Waals surface area (Å²) in [6.07, 6.45) is 0.399. The van der Waals surface area contributed by atoms with Crippen molar-refractivity contribution in [2.75, 3.05) is 5.32 Å². The number of anilines is 1. The summed E-state index contributed by atoms with van der Waals surface area (Å²) in [5.41, 5.74) is -0.192. The highest BCUT2D eigenvalue weighted by molar-refractivity contribution is 6.36. The first kappa shape index (κ1) is 12.3. The molecule has 0 spiro atoms. The van der Waals surface area contributed by atoms with Crippen LogP contribution in [0.3, 0.4) is 0 Å². The number of halogens is 1. The molecule has 2 heterocycles. The number of hydrogen-bond acceptors (Lipinski definition) is 5. The van der Waals surface area contributed by atoms with Gasteiger partial charge in [0.15, 0.2) is 11.5 Å². The normalized spacial score (nSPS) is 17.8. The van der Waals surface area contributed by atoms with E-state index in [4.69, 9.17) is 21.5 Å². The van der Waals surface area contributed by atoms with Crippen molar-refractivity contribution in [2.45, 2.75) is 12.5 Å². The zero-order valence-electron chi connectivity index (χ0n) is 8.96. The predicted octanol–water partition coefficient (Wildman–Crippen LogP) is 0.903. The van der Waals surface area contributed by atoms with Gasteiger partial charge in [0.1, 0.15) is 0 Å². The second kappa shape index (κ2) is 5.01. The summed E-state index contributed by atoms with van der Waals surface area (Å²) in [5, 5.41) is 14.7. The summed E-state index contributed by atoms with van der Waals surface area (Å²) < 4.78 is 0. The first-order valence-corrected chi connectivity index (χ1v) is 5.33. The minimum absolute atomic E-state index is 0.0916. The van der Waals surface area contributed by atoms with Crippen molar-refractivity contribution in [3.63, 3.8) is 0 Å². The molecular formula is C10H8ClN3O4. The molecule has 0 saturated heterocycles. The molecule has 0 aromatic carbocycles. The van der Waals surface area contributed by atoms with Crippen LogP contribution < -0.4 is 5.32 Å². The molecule has 2 N–H and O–H groups in total. The molecule has 0 aliphatic carbocycles. The van der Waals surface area contributed by atoms with E-state index in [1.807, 2.05) is 0 Å². The number of carbonyl (C=O) groups is 2. The Morgan fingerprint density at radius 3 is 2.94 bits per heavy atom. The number of nitrogens with zero attached hydrogens (tertiary/aromatic N) is 2. The Hall–Kier alpha value is -2.15. The van der Waals surface area contributed by atoms with Gasteiger partial charge in [0.2, 0.25) is 6.10 Å². The van der Waals surface area contributed by atoms with Gasteiger partial charge < -0.3 is 15.3 Å². The van der Waals surface area contributed by atoms with Crippen molar-refractivity contribution in [1.82, 2.24) is 4.98 Å². The lowest BCUT2D eigenvalue weighted by molar-refractivity contribution is -0.129. The molecule has 0 saturated carbocycles. The summed E-state index contributed by atoms with van der Waals surface area (Å²) >= 11 is 5.81. The highest BCUT2D eigenvalue weighted by Crippen LogP contribution is 2.19. The zero-order chi connectivity index (χ0) is 13.1. The third-order valence-electron chi connectivity index (χ3n) is 2.21. The van der Waals surface area contributed by atoms with E-state index in [2.05, 4.69) is 15.5 Å². The molecule has 1 unspecified atom stereocenters. The van der Waals surface area contributed by atoms with Crippen molar-refractivity contribution >= 4 is 35.0 Å². The topological polar surface area (TPSA) is 101 Å². The van der Waals surface area contributed by atoms with E-state index in [1.54, 1.807) is 12.1 Å². The molecule has 2 rings (SSSR count). The van der Waals surface area contributed by atoms with E-state index in [0.717, 1.165) is 0 Å². The molecule has 1 aliphatic rings. The molecule has 1 atom stereocenters. The number of nitrogens with one attached hydrogen (secondary N) is 1. The smallest absolute Gasteiger partial charge is 0.353 e. The van der Waals surface area contributed by atoms with E-state index in [9.17, 15) is 9.59 Å². The van der Waals surface area contributed by atoms with Crippen molar-refractivity contribution in [3.05, 3.63) is 23.4 Å². The summed E-state index contributed by atoms with van der Waals surface area (Å²) in [6.45, 7) is 0. The quantitative estimate of drug-likeness (QED) is 0.849. The fourth-order valence-corrected chi connectivity index (χ4v) is 1.49. The van der Waals surface area contributed by atoms with Gasteiger partial charge in [-0.1, -0.05) is 16.8 Å². The van der Waals surface area contributed by atoms with Crippen LogP contribution in [0, 0.1) is 0 Å². The Bertz CT molecular complexity index is 532. The summed E-state index contributed by atoms with van der Waals surface area (Å²) in [7, 11) is 0. The van der Waals surface area contributed by atoms with E-state index in [1.165, 1.54) is 6.20 Å². The lowest BCUT2D eigenvalue weighted by atomic mass is 10.2. The van der Waals surface area contributed by atoms with E-state index < -0.39 is 18.0 Å². The number of aromatic nitrogens is 1. The van der Waals surface area contributed by atoms with Crippen molar-refractivity contribution in [2.24, 2.45) is 5.16 Å². The Kier molecular flexibility index (Phi) is 3.42. The fraction of sp³-hybridized carbons (Fsp3) is 0.200. The molecule has 0 fully saturated rings. The van der Waals surface area contributed by atoms with Crippen LogP contribution in [0.5, 0.6) is 0 Å². The summed E-state index contributed by atoms with van der Waals surface area (Å²) in [6, 6.07) is 3.19. The van der Waals surface area contributed by atoms with Gasteiger partial charge in [0.05, 0.1) is 5.02 Å². The second-order valence-corrected chi connectivity index (χ2v) is 3.87. The van der Waals surface area contributed by atoms with Gasteiger partial charge in [-0.3, -0.25) is 4.79 Å². The van der Waals surface area contributed by atoms with Gasteiger partial charge in [-0.05, 0) is 12.1 Å². The maximum absolute atomic E-state index is 11.7. The Morgan fingerprint density at radius 2 is 2.33 bits per heavy atom. The van der Waals surface area contributed by atoms with Crippen molar-refractivity contribution in [3.8, 4) is 0 Å². The van der Waals surface area contributed by atoms with Crippen LogP contribution >= 0.6 is 11.6 Å². The van der Waals surface area contributed by atoms with Crippen LogP contribution in [-0.2, 0) is 14.4 Å². The zero-order valence-corrected chi connectivity index (χ0v) is 9.72. The van der Waals surface area contributed by atoms with Gasteiger partial charge in [0, 0.05) is 12.6 Å². The standard InChI is InChI=1S/C10H8ClN3O4/c11-5-2-1-3-12-8(5)13-9(15)7-4-6(10(16)17)14-18-7/h1-3,7H,4H2,(H,16,17)(H,12,13,15). The van der Waals surface area contributed by atoms with Gasteiger partial charge in [-0.25, -0.2) is 9.78 Å². The number of pyridine rings is 1. The van der Waals surface area contributed by atoms with Gasteiger partial charge in [-0.2, -0.15) is 0 Å². The SMILES string of the molecule is O=C(O)C1=NOC(C(=O)Nc2ncccc2Cl)C1. The number of hydrogen-bond donors (Lipinski definition) is 2. The van der Waals surface area contributed by atoms with Gasteiger partial charge in [-0.15, -0.1) is 0 Å². The third-order valence-corrected chi connectivity index (χ3v) is 2.51. The van der Waals surface area contributed by atoms with Crippen LogP contribution in [0.2, 0.25) is 5.02 Å². The molecule has 1 aromatic heterocycles. The second-order valence-electron chi connectivity index (χ2n) is 3.46. The molecule has 1 amide bonds. The summed E-state index contributed by atoms with van der Waals surface area (Å²) in [5.74, 6) is -1.56. The Balaban J connectivity index is 1.99. The van der Waals surface area contributed by atoms with Gasteiger partial charge >= 0.3 is 5.97 Å². The lowest BCUT2D eigenvalue weighted by Gasteiger charge is -2.09. The van der Waals surface area contributed by atoms with Gasteiger partial charge in [0.25, 0.3) is 5.91 Å². The number of aliphatic carboxylic acids is 1. The fourth-order valence-electron chi connectivity index (χ4n) is 1.32. The van der Waals surface area contributed by atoms with Crippen molar-refractivity contribution < 1.29 is 19.5 Å². The first-order chi connectivity index (χ1) is 8.58. The molecule has 1 aromatic rings. The van der Waals surface area contributed by atoms with E-state index >= 15 is 0 Å². The minimum Gasteiger partial charge on any atom is -0.477 e. The van der Waals surface area contributed by atoms with Crippen LogP contribution in [-0.4, -0.2) is 33.8 Å². The molecule has 0 radical (unpaired) electrons. The average Bonchev–Trinajstić information content (AvgIpc) is 2.81. The molecule has 1 aliphatic heterocycles. The average molecular weight is 270 g/mol.